The molecule has 0 heterocycles. The number of sulfone groups is 1. The predicted molar refractivity (Wildman–Crippen MR) is 96.4 cm³/mol. The van der Waals surface area contributed by atoms with Crippen LogP contribution in [-0.2, 0) is 21.3 Å². The van der Waals surface area contributed by atoms with Crippen LogP contribution in [0.4, 0.5) is 0 Å². The van der Waals surface area contributed by atoms with Crippen molar-refractivity contribution >= 4 is 31.4 Å². The Bertz CT molecular complexity index is 762. The summed E-state index contributed by atoms with van der Waals surface area (Å²) < 4.78 is 24.6. The summed E-state index contributed by atoms with van der Waals surface area (Å²) in [6, 6.07) is 16.9. The molecule has 2 rings (SSSR count). The van der Waals surface area contributed by atoms with Gasteiger partial charge in [0.15, 0.2) is 9.84 Å². The van der Waals surface area contributed by atoms with E-state index < -0.39 is 9.84 Å². The van der Waals surface area contributed by atoms with Crippen molar-refractivity contribution < 1.29 is 8.42 Å². The molecule has 0 aliphatic carbocycles. The van der Waals surface area contributed by atoms with Gasteiger partial charge in [-0.2, -0.15) is 0 Å². The van der Waals surface area contributed by atoms with E-state index in [1.165, 1.54) is 10.8 Å². The van der Waals surface area contributed by atoms with E-state index in [1.54, 1.807) is 16.2 Å². The summed E-state index contributed by atoms with van der Waals surface area (Å²) in [5.74, 6) is 0.122. The molecule has 0 saturated carbocycles. The smallest absolute Gasteiger partial charge is 0.158 e. The van der Waals surface area contributed by atoms with Crippen molar-refractivity contribution in [1.29, 1.82) is 0 Å². The molecule has 0 N–H and O–H groups in total. The third kappa shape index (κ3) is 5.78. The van der Waals surface area contributed by atoms with Gasteiger partial charge in [0.05, 0.1) is 11.5 Å². The zero-order valence-electron chi connectivity index (χ0n) is 11.9. The summed E-state index contributed by atoms with van der Waals surface area (Å²) >= 11 is 0. The van der Waals surface area contributed by atoms with Gasteiger partial charge in [-0.3, -0.25) is 0 Å². The molecule has 0 aliphatic heterocycles. The van der Waals surface area contributed by atoms with E-state index in [-0.39, 0.29) is 11.5 Å². The normalized spacial score (nSPS) is 10.9. The fraction of sp³-hybridized carbons (Fsp3) is 0.118. The van der Waals surface area contributed by atoms with Crippen molar-refractivity contribution in [3.05, 3.63) is 83.4 Å². The van der Waals surface area contributed by atoms with Crippen LogP contribution < -0.4 is 0 Å². The molecule has 5 heteroatoms. The standard InChI is InChI=1S/C17H16O2S3/c1-2-11-20-21-17-10-6-9-16(12-17)14-22(18,19)13-15-7-4-3-5-8-15/h3-12H,1,13-14H2. The fourth-order valence-electron chi connectivity index (χ4n) is 1.93. The highest BCUT2D eigenvalue weighted by Crippen LogP contribution is 2.32. The van der Waals surface area contributed by atoms with E-state index in [9.17, 15) is 8.42 Å². The Morgan fingerprint density at radius 2 is 1.68 bits per heavy atom. The average Bonchev–Trinajstić information content (AvgIpc) is 2.48. The van der Waals surface area contributed by atoms with E-state index >= 15 is 0 Å². The molecule has 2 nitrogen and oxygen atoms in total. The molecule has 0 bridgehead atoms. The number of benzene rings is 2. The topological polar surface area (TPSA) is 34.1 Å². The summed E-state index contributed by atoms with van der Waals surface area (Å²) in [6.07, 6.45) is 0. The third-order valence-electron chi connectivity index (χ3n) is 2.79. The van der Waals surface area contributed by atoms with Gasteiger partial charge in [-0.1, -0.05) is 70.6 Å². The van der Waals surface area contributed by atoms with Crippen LogP contribution in [0, 0.1) is 0 Å². The molecule has 0 fully saturated rings. The number of hydrogen-bond acceptors (Lipinski definition) is 4. The highest BCUT2D eigenvalue weighted by molar-refractivity contribution is 8.77. The van der Waals surface area contributed by atoms with Crippen molar-refractivity contribution in [1.82, 2.24) is 0 Å². The number of hydrogen-bond donors (Lipinski definition) is 0. The van der Waals surface area contributed by atoms with Crippen LogP contribution in [0.25, 0.3) is 0 Å². The minimum Gasteiger partial charge on any atom is -0.228 e. The van der Waals surface area contributed by atoms with Gasteiger partial charge < -0.3 is 0 Å². The monoisotopic (exact) mass is 348 g/mol. The molecule has 2 aromatic carbocycles. The summed E-state index contributed by atoms with van der Waals surface area (Å²) in [5.41, 5.74) is 4.32. The Balaban J connectivity index is 2.06. The van der Waals surface area contributed by atoms with Gasteiger partial charge in [-0.25, -0.2) is 8.42 Å². The van der Waals surface area contributed by atoms with Crippen LogP contribution >= 0.6 is 21.6 Å². The quantitative estimate of drug-likeness (QED) is 0.529. The van der Waals surface area contributed by atoms with Gasteiger partial charge in [-0.05, 0) is 23.3 Å². The van der Waals surface area contributed by atoms with Crippen molar-refractivity contribution in [3.63, 3.8) is 0 Å². The summed E-state index contributed by atoms with van der Waals surface area (Å²) in [4.78, 5) is 1.02. The second-order valence-corrected chi connectivity index (χ2v) is 8.87. The lowest BCUT2D eigenvalue weighted by Gasteiger charge is -2.06. The first-order chi connectivity index (χ1) is 10.6. The summed E-state index contributed by atoms with van der Waals surface area (Å²) in [6.45, 7) is 3.50. The van der Waals surface area contributed by atoms with Crippen molar-refractivity contribution in [2.24, 2.45) is 0 Å². The lowest BCUT2D eigenvalue weighted by molar-refractivity contribution is 0.594. The molecule has 0 aromatic heterocycles. The second-order valence-electron chi connectivity index (χ2n) is 4.67. The SMILES string of the molecule is C=C=CSSc1cccc(CS(=O)(=O)Cc2ccccc2)c1. The zero-order valence-corrected chi connectivity index (χ0v) is 14.4. The molecular weight excluding hydrogens is 332 g/mol. The maximum Gasteiger partial charge on any atom is 0.158 e. The fourth-order valence-corrected chi connectivity index (χ4v) is 4.98. The van der Waals surface area contributed by atoms with Crippen molar-refractivity contribution in [3.8, 4) is 0 Å². The minimum absolute atomic E-state index is 0.0538. The molecule has 0 atom stereocenters. The Kier molecular flexibility index (Phi) is 6.40. The predicted octanol–water partition coefficient (Wildman–Crippen LogP) is 4.84. The first-order valence-corrected chi connectivity index (χ1v) is 10.6. The molecule has 0 amide bonds. The van der Waals surface area contributed by atoms with Gasteiger partial charge in [0.25, 0.3) is 0 Å². The van der Waals surface area contributed by atoms with Gasteiger partial charge in [0, 0.05) is 10.3 Å². The Labute approximate surface area is 139 Å². The molecule has 0 unspecified atom stereocenters. The molecule has 0 saturated heterocycles. The van der Waals surface area contributed by atoms with Gasteiger partial charge >= 0.3 is 0 Å². The van der Waals surface area contributed by atoms with Crippen LogP contribution in [-0.4, -0.2) is 8.42 Å². The summed E-state index contributed by atoms with van der Waals surface area (Å²) in [5, 5.41) is 1.77. The van der Waals surface area contributed by atoms with E-state index in [0.29, 0.717) is 0 Å². The molecule has 22 heavy (non-hydrogen) atoms. The number of rotatable bonds is 7. The molecule has 0 radical (unpaired) electrons. The molecule has 2 aromatic rings. The van der Waals surface area contributed by atoms with E-state index in [1.807, 2.05) is 54.6 Å². The van der Waals surface area contributed by atoms with Crippen LogP contribution in [0.2, 0.25) is 0 Å². The Morgan fingerprint density at radius 1 is 1.00 bits per heavy atom. The Hall–Kier alpha value is -1.39. The van der Waals surface area contributed by atoms with Gasteiger partial charge in [-0.15, -0.1) is 5.73 Å². The highest BCUT2D eigenvalue weighted by atomic mass is 33.1. The molecular formula is C17H16O2S3. The van der Waals surface area contributed by atoms with Crippen LogP contribution in [0.5, 0.6) is 0 Å². The average molecular weight is 349 g/mol. The van der Waals surface area contributed by atoms with Gasteiger partial charge in [0.2, 0.25) is 0 Å². The van der Waals surface area contributed by atoms with Crippen molar-refractivity contribution in [2.45, 2.75) is 16.4 Å². The highest BCUT2D eigenvalue weighted by Gasteiger charge is 2.13. The largest absolute Gasteiger partial charge is 0.228 e. The second kappa shape index (κ2) is 8.30. The maximum absolute atomic E-state index is 12.3. The summed E-state index contributed by atoms with van der Waals surface area (Å²) in [7, 11) is -0.119. The molecule has 0 spiro atoms. The maximum atomic E-state index is 12.3. The van der Waals surface area contributed by atoms with Crippen LogP contribution in [0.1, 0.15) is 11.1 Å². The Morgan fingerprint density at radius 3 is 2.41 bits per heavy atom. The van der Waals surface area contributed by atoms with Crippen molar-refractivity contribution in [2.75, 3.05) is 0 Å². The van der Waals surface area contributed by atoms with Crippen LogP contribution in [0.15, 0.2) is 77.2 Å². The molecule has 114 valence electrons. The van der Waals surface area contributed by atoms with Crippen LogP contribution in [0.3, 0.4) is 0 Å². The lowest BCUT2D eigenvalue weighted by Crippen LogP contribution is -2.07. The van der Waals surface area contributed by atoms with Gasteiger partial charge in [0.1, 0.15) is 0 Å². The first kappa shape index (κ1) is 17.0. The van der Waals surface area contributed by atoms with E-state index in [2.05, 4.69) is 12.3 Å². The minimum atomic E-state index is -3.18. The third-order valence-corrected chi connectivity index (χ3v) is 6.30. The van der Waals surface area contributed by atoms with E-state index in [0.717, 1.165) is 16.0 Å². The van der Waals surface area contributed by atoms with E-state index in [4.69, 9.17) is 0 Å². The first-order valence-electron chi connectivity index (χ1n) is 6.60. The molecule has 0 aliphatic rings. The zero-order chi connectivity index (χ0) is 15.8. The lowest BCUT2D eigenvalue weighted by atomic mass is 10.2.